The highest BCUT2D eigenvalue weighted by Crippen LogP contribution is 2.49. The molecule has 0 saturated heterocycles. The molecular formula is C23H19NO. The smallest absolute Gasteiger partial charge is 0.217 e. The lowest BCUT2D eigenvalue weighted by Gasteiger charge is -2.20. The molecule has 2 heterocycles. The van der Waals surface area contributed by atoms with E-state index in [1.807, 2.05) is 0 Å². The molecule has 122 valence electrons. The first-order valence-corrected chi connectivity index (χ1v) is 9.22. The Labute approximate surface area is 146 Å². The fourth-order valence-electron chi connectivity index (χ4n) is 4.87. The van der Waals surface area contributed by atoms with Crippen molar-refractivity contribution < 1.29 is 4.74 Å². The quantitative estimate of drug-likeness (QED) is 0.303. The number of nitrogens with zero attached hydrogens (tertiary/aromatic N) is 1. The Bertz CT molecular complexity index is 1150. The fourth-order valence-corrected chi connectivity index (χ4v) is 4.87. The molecule has 0 atom stereocenters. The average molecular weight is 325 g/mol. The Kier molecular flexibility index (Phi) is 2.58. The Morgan fingerprint density at radius 1 is 0.800 bits per heavy atom. The highest BCUT2D eigenvalue weighted by Gasteiger charge is 2.43. The van der Waals surface area contributed by atoms with Crippen LogP contribution in [0.25, 0.3) is 32.4 Å². The number of benzene rings is 3. The van der Waals surface area contributed by atoms with Crippen LogP contribution in [-0.2, 0) is 5.41 Å². The summed E-state index contributed by atoms with van der Waals surface area (Å²) in [4.78, 5) is 4.99. The summed E-state index contributed by atoms with van der Waals surface area (Å²) in [5.41, 5.74) is 2.64. The lowest BCUT2D eigenvalue weighted by molar-refractivity contribution is 0.262. The average Bonchev–Trinajstić information content (AvgIpc) is 3.27. The lowest BCUT2D eigenvalue weighted by atomic mass is 9.81. The van der Waals surface area contributed by atoms with Crippen molar-refractivity contribution in [1.29, 1.82) is 0 Å². The van der Waals surface area contributed by atoms with Crippen molar-refractivity contribution in [2.75, 3.05) is 6.61 Å². The van der Waals surface area contributed by atoms with Crippen molar-refractivity contribution in [3.63, 3.8) is 0 Å². The molecule has 1 fully saturated rings. The highest BCUT2D eigenvalue weighted by atomic mass is 16.5. The van der Waals surface area contributed by atoms with Crippen LogP contribution in [0.15, 0.2) is 54.6 Å². The monoisotopic (exact) mass is 325 g/mol. The van der Waals surface area contributed by atoms with Gasteiger partial charge in [-0.25, -0.2) is 4.98 Å². The van der Waals surface area contributed by atoms with E-state index in [-0.39, 0.29) is 5.41 Å². The predicted octanol–water partition coefficient (Wildman–Crippen LogP) is 5.75. The normalized spacial score (nSPS) is 18.2. The second kappa shape index (κ2) is 4.72. The topological polar surface area (TPSA) is 22.1 Å². The van der Waals surface area contributed by atoms with Gasteiger partial charge in [0, 0.05) is 21.8 Å². The van der Waals surface area contributed by atoms with Gasteiger partial charge in [-0.2, -0.15) is 0 Å². The van der Waals surface area contributed by atoms with Crippen LogP contribution in [0.1, 0.15) is 31.2 Å². The van der Waals surface area contributed by atoms with Crippen molar-refractivity contribution in [1.82, 2.24) is 4.98 Å². The van der Waals surface area contributed by atoms with E-state index in [1.165, 1.54) is 58.2 Å². The largest absolute Gasteiger partial charge is 0.476 e. The number of rotatable bonds is 0. The maximum absolute atomic E-state index is 6.07. The molecule has 0 radical (unpaired) electrons. The van der Waals surface area contributed by atoms with E-state index < -0.39 is 0 Å². The molecule has 1 saturated carbocycles. The molecule has 0 unspecified atom stereocenters. The van der Waals surface area contributed by atoms with Crippen molar-refractivity contribution >= 4 is 32.4 Å². The summed E-state index contributed by atoms with van der Waals surface area (Å²) in [6, 6.07) is 19.9. The molecule has 1 aromatic heterocycles. The van der Waals surface area contributed by atoms with Gasteiger partial charge in [0.2, 0.25) is 5.88 Å². The Morgan fingerprint density at radius 3 is 2.40 bits per heavy atom. The number of ether oxygens (including phenoxy) is 1. The Morgan fingerprint density at radius 2 is 1.56 bits per heavy atom. The molecule has 0 N–H and O–H groups in total. The molecule has 0 amide bonds. The molecule has 25 heavy (non-hydrogen) atoms. The standard InChI is InChI=1S/C23H19NO/c1-2-6-16-12-19-17(11-15(16)5-1)7-8-18-13-20-22(24-21(18)19)25-14-23(20)9-3-4-10-23/h1-2,5-8,11-13H,3-4,9-10,14H2. The predicted molar refractivity (Wildman–Crippen MR) is 102 cm³/mol. The molecule has 4 aromatic rings. The number of aromatic nitrogens is 1. The third-order valence-corrected chi connectivity index (χ3v) is 6.25. The summed E-state index contributed by atoms with van der Waals surface area (Å²) in [5.74, 6) is 0.870. The third kappa shape index (κ3) is 1.82. The SMILES string of the molecule is c1ccc2cc3c(ccc4cc5c(nc43)OCC53CCCC3)cc2c1. The van der Waals surface area contributed by atoms with Crippen LogP contribution in [0.3, 0.4) is 0 Å². The van der Waals surface area contributed by atoms with E-state index in [0.717, 1.165) is 18.0 Å². The summed E-state index contributed by atoms with van der Waals surface area (Å²) in [6.45, 7) is 0.812. The fraction of sp³-hybridized carbons (Fsp3) is 0.261. The molecule has 6 rings (SSSR count). The molecular weight excluding hydrogens is 306 g/mol. The minimum absolute atomic E-state index is 0.231. The van der Waals surface area contributed by atoms with Crippen LogP contribution in [0.5, 0.6) is 5.88 Å². The lowest BCUT2D eigenvalue weighted by Crippen LogP contribution is -2.23. The number of hydrogen-bond donors (Lipinski definition) is 0. The maximum Gasteiger partial charge on any atom is 0.217 e. The second-order valence-electron chi connectivity index (χ2n) is 7.67. The summed E-state index contributed by atoms with van der Waals surface area (Å²) < 4.78 is 6.07. The summed E-state index contributed by atoms with van der Waals surface area (Å²) >= 11 is 0. The molecule has 2 heteroatoms. The van der Waals surface area contributed by atoms with E-state index in [0.29, 0.717) is 0 Å². The molecule has 1 aliphatic carbocycles. The van der Waals surface area contributed by atoms with Crippen LogP contribution >= 0.6 is 0 Å². The first kappa shape index (κ1) is 13.7. The van der Waals surface area contributed by atoms with Gasteiger partial charge in [0.25, 0.3) is 0 Å². The van der Waals surface area contributed by atoms with Gasteiger partial charge in [0.15, 0.2) is 0 Å². The summed E-state index contributed by atoms with van der Waals surface area (Å²) in [7, 11) is 0. The van der Waals surface area contributed by atoms with Gasteiger partial charge < -0.3 is 4.74 Å². The van der Waals surface area contributed by atoms with Gasteiger partial charge >= 0.3 is 0 Å². The molecule has 2 aliphatic rings. The number of fused-ring (bicyclic) bond motifs is 6. The van der Waals surface area contributed by atoms with Gasteiger partial charge in [-0.15, -0.1) is 0 Å². The van der Waals surface area contributed by atoms with E-state index in [1.54, 1.807) is 0 Å². The van der Waals surface area contributed by atoms with E-state index >= 15 is 0 Å². The van der Waals surface area contributed by atoms with Crippen molar-refractivity contribution in [3.05, 3.63) is 60.2 Å². The zero-order valence-electron chi connectivity index (χ0n) is 14.1. The van der Waals surface area contributed by atoms with Crippen molar-refractivity contribution in [3.8, 4) is 5.88 Å². The molecule has 2 nitrogen and oxygen atoms in total. The molecule has 0 bridgehead atoms. The van der Waals surface area contributed by atoms with E-state index in [9.17, 15) is 0 Å². The minimum Gasteiger partial charge on any atom is -0.476 e. The van der Waals surface area contributed by atoms with Crippen molar-refractivity contribution in [2.24, 2.45) is 0 Å². The molecule has 3 aromatic carbocycles. The van der Waals surface area contributed by atoms with Crippen LogP contribution in [0.2, 0.25) is 0 Å². The first-order chi connectivity index (χ1) is 12.3. The number of pyridine rings is 1. The van der Waals surface area contributed by atoms with Gasteiger partial charge in [0.05, 0.1) is 12.1 Å². The highest BCUT2D eigenvalue weighted by molar-refractivity contribution is 6.10. The van der Waals surface area contributed by atoms with Crippen LogP contribution in [0.4, 0.5) is 0 Å². The maximum atomic E-state index is 6.07. The third-order valence-electron chi connectivity index (χ3n) is 6.25. The first-order valence-electron chi connectivity index (χ1n) is 9.22. The molecule has 1 aliphatic heterocycles. The summed E-state index contributed by atoms with van der Waals surface area (Å²) in [6.07, 6.45) is 5.10. The van der Waals surface area contributed by atoms with Crippen LogP contribution in [0, 0.1) is 0 Å². The zero-order chi connectivity index (χ0) is 16.4. The zero-order valence-corrected chi connectivity index (χ0v) is 14.1. The number of hydrogen-bond acceptors (Lipinski definition) is 2. The van der Waals surface area contributed by atoms with Gasteiger partial charge in [-0.1, -0.05) is 49.2 Å². The van der Waals surface area contributed by atoms with E-state index in [2.05, 4.69) is 54.6 Å². The van der Waals surface area contributed by atoms with Gasteiger partial charge in [-0.05, 0) is 47.2 Å². The van der Waals surface area contributed by atoms with E-state index in [4.69, 9.17) is 9.72 Å². The Balaban J connectivity index is 1.67. The van der Waals surface area contributed by atoms with Crippen molar-refractivity contribution in [2.45, 2.75) is 31.1 Å². The molecule has 1 spiro atoms. The Hall–Kier alpha value is -2.61. The van der Waals surface area contributed by atoms with Crippen LogP contribution < -0.4 is 4.74 Å². The second-order valence-corrected chi connectivity index (χ2v) is 7.67. The summed E-state index contributed by atoms with van der Waals surface area (Å²) in [5, 5.41) is 6.23. The van der Waals surface area contributed by atoms with Crippen LogP contribution in [-0.4, -0.2) is 11.6 Å². The minimum atomic E-state index is 0.231. The van der Waals surface area contributed by atoms with Gasteiger partial charge in [0.1, 0.15) is 0 Å². The van der Waals surface area contributed by atoms with Gasteiger partial charge in [-0.3, -0.25) is 0 Å².